The molecule has 6 rings (SSSR count). The van der Waals surface area contributed by atoms with Gasteiger partial charge < -0.3 is 46.2 Å². The van der Waals surface area contributed by atoms with Crippen LogP contribution in [0.25, 0.3) is 21.8 Å². The maximum absolute atomic E-state index is 13.6. The number of sulfonamides is 1. The molecule has 0 fully saturated rings. The van der Waals surface area contributed by atoms with Crippen LogP contribution in [0.5, 0.6) is 5.75 Å². The summed E-state index contributed by atoms with van der Waals surface area (Å²) in [6.45, 7) is 0.936. The van der Waals surface area contributed by atoms with Gasteiger partial charge in [-0.25, -0.2) is 13.4 Å². The minimum atomic E-state index is -3.50. The van der Waals surface area contributed by atoms with E-state index in [1.165, 1.54) is 7.11 Å². The lowest BCUT2D eigenvalue weighted by Gasteiger charge is -2.17. The number of nitrogens with zero attached hydrogens (tertiary/aromatic N) is 3. The second-order valence-corrected chi connectivity index (χ2v) is 15.6. The third-order valence-corrected chi connectivity index (χ3v) is 9.88. The van der Waals surface area contributed by atoms with E-state index in [0.29, 0.717) is 86.9 Å². The molecule has 0 aliphatic rings. The van der Waals surface area contributed by atoms with Crippen LogP contribution in [0.3, 0.4) is 0 Å². The number of rotatable bonds is 17. The Bertz CT molecular complexity index is 2670. The van der Waals surface area contributed by atoms with Gasteiger partial charge in [0.1, 0.15) is 17.1 Å². The number of hydrogen-bond donors (Lipinski definition) is 7. The van der Waals surface area contributed by atoms with Crippen molar-refractivity contribution in [2.45, 2.75) is 19.3 Å². The van der Waals surface area contributed by atoms with Gasteiger partial charge in [-0.15, -0.1) is 0 Å². The molecule has 8 N–H and O–H groups in total. The number of fused-ring (bicyclic) bond motifs is 2. The van der Waals surface area contributed by atoms with Gasteiger partial charge in [-0.3, -0.25) is 23.9 Å². The molecule has 3 aromatic carbocycles. The highest BCUT2D eigenvalue weighted by molar-refractivity contribution is 7.92. The Hall–Kier alpha value is -6.92. The van der Waals surface area contributed by atoms with E-state index in [2.05, 4.69) is 31.3 Å². The number of pyridine rings is 1. The van der Waals surface area contributed by atoms with Crippen LogP contribution in [0.15, 0.2) is 85.2 Å². The molecule has 18 heteroatoms. The van der Waals surface area contributed by atoms with Crippen LogP contribution in [-0.4, -0.2) is 79.2 Å². The van der Waals surface area contributed by atoms with Crippen LogP contribution in [0, 0.1) is 0 Å². The van der Waals surface area contributed by atoms with E-state index in [4.69, 9.17) is 15.5 Å². The molecule has 0 bridgehead atoms. The summed E-state index contributed by atoms with van der Waals surface area (Å²) in [4.78, 5) is 56.7. The number of methoxy groups -OCH3 is 1. The zero-order valence-electron chi connectivity index (χ0n) is 33.0. The van der Waals surface area contributed by atoms with Gasteiger partial charge in [-0.1, -0.05) is 30.3 Å². The van der Waals surface area contributed by atoms with Crippen molar-refractivity contribution in [3.05, 3.63) is 102 Å². The summed E-state index contributed by atoms with van der Waals surface area (Å²) in [5, 5.41) is 16.3. The van der Waals surface area contributed by atoms with Gasteiger partial charge in [-0.05, 0) is 55.8 Å². The molecule has 0 radical (unpaired) electrons. The molecule has 0 aliphatic carbocycles. The molecule has 3 heterocycles. The molecule has 308 valence electrons. The Labute approximate surface area is 340 Å². The molecule has 0 saturated heterocycles. The number of nitrogens with one attached hydrogen (secondary N) is 6. The molecular formula is C41H46N10O7S. The summed E-state index contributed by atoms with van der Waals surface area (Å²) < 4.78 is 34.8. The minimum absolute atomic E-state index is 0.191. The third kappa shape index (κ3) is 10.2. The van der Waals surface area contributed by atoms with E-state index in [-0.39, 0.29) is 37.2 Å². The average molecular weight is 823 g/mol. The highest BCUT2D eigenvalue weighted by Crippen LogP contribution is 2.38. The minimum Gasteiger partial charge on any atom is -0.494 e. The number of anilines is 5. The highest BCUT2D eigenvalue weighted by atomic mass is 32.2. The van der Waals surface area contributed by atoms with Crippen molar-refractivity contribution >= 4 is 83.9 Å². The number of aryl methyl sites for hydroxylation is 2. The van der Waals surface area contributed by atoms with Gasteiger partial charge in [-0.2, -0.15) is 0 Å². The predicted molar refractivity (Wildman–Crippen MR) is 229 cm³/mol. The summed E-state index contributed by atoms with van der Waals surface area (Å²) in [6, 6.07) is 20.9. The van der Waals surface area contributed by atoms with Crippen molar-refractivity contribution in [3.8, 4) is 5.75 Å². The van der Waals surface area contributed by atoms with Crippen molar-refractivity contribution in [2.75, 3.05) is 53.7 Å². The van der Waals surface area contributed by atoms with Crippen LogP contribution >= 0.6 is 0 Å². The molecule has 0 atom stereocenters. The lowest BCUT2D eigenvalue weighted by molar-refractivity contribution is -0.116. The van der Waals surface area contributed by atoms with Crippen LogP contribution < -0.4 is 41.8 Å². The normalized spacial score (nSPS) is 11.3. The van der Waals surface area contributed by atoms with Crippen LogP contribution in [0.2, 0.25) is 0 Å². The highest BCUT2D eigenvalue weighted by Gasteiger charge is 2.19. The molecule has 0 unspecified atom stereocenters. The van der Waals surface area contributed by atoms with Crippen molar-refractivity contribution in [2.24, 2.45) is 19.8 Å². The first-order chi connectivity index (χ1) is 28.2. The first kappa shape index (κ1) is 41.7. The molecule has 17 nitrogen and oxygen atoms in total. The molecule has 0 aliphatic heterocycles. The topological polar surface area (TPSA) is 233 Å². The second kappa shape index (κ2) is 18.1. The fourth-order valence-corrected chi connectivity index (χ4v) is 7.07. The van der Waals surface area contributed by atoms with Gasteiger partial charge in [0.15, 0.2) is 0 Å². The number of para-hydroxylation sites is 2. The van der Waals surface area contributed by atoms with Gasteiger partial charge in [0.05, 0.1) is 58.4 Å². The quantitative estimate of drug-likeness (QED) is 0.0496. The molecule has 4 amide bonds. The summed E-state index contributed by atoms with van der Waals surface area (Å²) in [7, 11) is 1.37. The van der Waals surface area contributed by atoms with Crippen molar-refractivity contribution in [1.82, 2.24) is 24.8 Å². The first-order valence-electron chi connectivity index (χ1n) is 18.7. The Kier molecular flexibility index (Phi) is 12.8. The Morgan fingerprint density at radius 1 is 0.763 bits per heavy atom. The number of amides is 4. The van der Waals surface area contributed by atoms with Gasteiger partial charge in [0.2, 0.25) is 15.9 Å². The molecule has 3 aromatic heterocycles. The zero-order valence-corrected chi connectivity index (χ0v) is 33.8. The lowest BCUT2D eigenvalue weighted by atomic mass is 10.0. The number of hydrogen-bond acceptors (Lipinski definition) is 10. The van der Waals surface area contributed by atoms with Gasteiger partial charge >= 0.3 is 0 Å². The predicted octanol–water partition coefficient (Wildman–Crippen LogP) is 4.67. The summed E-state index contributed by atoms with van der Waals surface area (Å²) in [6.07, 6.45) is 5.61. The summed E-state index contributed by atoms with van der Waals surface area (Å²) in [5.41, 5.74) is 10.1. The summed E-state index contributed by atoms with van der Waals surface area (Å²) in [5.74, 6) is -0.908. The maximum atomic E-state index is 13.6. The van der Waals surface area contributed by atoms with E-state index < -0.39 is 15.9 Å². The lowest BCUT2D eigenvalue weighted by Crippen LogP contribution is -2.30. The maximum Gasteiger partial charge on any atom is 0.272 e. The molecule has 6 aromatic rings. The van der Waals surface area contributed by atoms with E-state index in [1.807, 2.05) is 30.3 Å². The second-order valence-electron chi connectivity index (χ2n) is 13.8. The molecule has 0 saturated carbocycles. The first-order valence-corrected chi connectivity index (χ1v) is 20.6. The number of carbonyl (C=O) groups is 4. The van der Waals surface area contributed by atoms with Crippen LogP contribution in [0.1, 0.15) is 50.6 Å². The van der Waals surface area contributed by atoms with E-state index in [1.54, 1.807) is 78.1 Å². The van der Waals surface area contributed by atoms with Crippen molar-refractivity contribution in [1.29, 1.82) is 0 Å². The van der Waals surface area contributed by atoms with Gasteiger partial charge in [0, 0.05) is 62.8 Å². The fourth-order valence-electron chi connectivity index (χ4n) is 6.51. The number of benzene rings is 3. The van der Waals surface area contributed by atoms with Gasteiger partial charge in [0.25, 0.3) is 17.7 Å². The Morgan fingerprint density at radius 2 is 1.42 bits per heavy atom. The smallest absolute Gasteiger partial charge is 0.272 e. The SMILES string of the molecule is COc1cc(NS(C)(=O)=O)ccc1Nc1c2ccccc2nc2c(C(=O)NCCCNC(=O)c3cc(NC(=O)c4cc(NC(=O)CCCN)cn4C)cn3C)cccc12. The third-order valence-electron chi connectivity index (χ3n) is 9.27. The fraction of sp³-hybridized carbons (Fsp3) is 0.244. The largest absolute Gasteiger partial charge is 0.494 e. The molecule has 0 spiro atoms. The standard InChI is InChI=1S/C41H46N10O7S/c1-50-24-27(46-41(55)34-20-26(23-51(34)2)45-36(52)14-8-17-42)21-33(50)40(54)44-19-9-18-43-39(53)30-12-7-11-29-37(28-10-5-6-13-31(28)47-38(29)30)48-32-16-15-25(22-35(32)58-3)49-59(4,56)57/h5-7,10-13,15-16,20-24,49H,8-9,14,17-19,42H2,1-4H3,(H,43,53)(H,44,54)(H,45,52)(H,46,55)(H,47,48). The molecular weight excluding hydrogens is 777 g/mol. The van der Waals surface area contributed by atoms with Crippen LogP contribution in [0.4, 0.5) is 28.4 Å². The number of nitrogens with two attached hydrogens (primary N) is 1. The number of aromatic nitrogens is 3. The van der Waals surface area contributed by atoms with E-state index >= 15 is 0 Å². The Balaban J connectivity index is 1.07. The van der Waals surface area contributed by atoms with Crippen LogP contribution in [-0.2, 0) is 28.9 Å². The van der Waals surface area contributed by atoms with Crippen molar-refractivity contribution in [3.63, 3.8) is 0 Å². The average Bonchev–Trinajstić information content (AvgIpc) is 3.76. The molecule has 59 heavy (non-hydrogen) atoms. The van der Waals surface area contributed by atoms with E-state index in [9.17, 15) is 27.6 Å². The van der Waals surface area contributed by atoms with E-state index in [0.717, 1.165) is 11.6 Å². The van der Waals surface area contributed by atoms with Crippen molar-refractivity contribution < 1.29 is 32.3 Å². The number of carbonyl (C=O) groups excluding carboxylic acids is 4. The monoisotopic (exact) mass is 822 g/mol. The number of ether oxygens (including phenoxy) is 1. The summed E-state index contributed by atoms with van der Waals surface area (Å²) >= 11 is 0. The Morgan fingerprint density at radius 3 is 2.12 bits per heavy atom. The zero-order chi connectivity index (χ0) is 42.3.